The van der Waals surface area contributed by atoms with Crippen molar-refractivity contribution in [1.82, 2.24) is 4.72 Å². The third kappa shape index (κ3) is 4.25. The molecule has 8 nitrogen and oxygen atoms in total. The SMILES string of the molecule is COC(=O)C(O)CNS(=O)(=O)c1ccc(C)c(C(=O)O)c1. The Bertz CT molecular complexity index is 654. The van der Waals surface area contributed by atoms with E-state index in [1.165, 1.54) is 19.1 Å². The van der Waals surface area contributed by atoms with Gasteiger partial charge < -0.3 is 14.9 Å². The molecule has 1 rings (SSSR count). The zero-order valence-corrected chi connectivity index (χ0v) is 12.2. The summed E-state index contributed by atoms with van der Waals surface area (Å²) in [6, 6.07) is 3.59. The Kier molecular flexibility index (Phi) is 5.41. The normalized spacial score (nSPS) is 12.7. The van der Waals surface area contributed by atoms with Crippen LogP contribution in [0.3, 0.4) is 0 Å². The van der Waals surface area contributed by atoms with Gasteiger partial charge in [-0.15, -0.1) is 0 Å². The van der Waals surface area contributed by atoms with Gasteiger partial charge in [-0.25, -0.2) is 22.7 Å². The number of carbonyl (C=O) groups excluding carboxylic acids is 1. The molecule has 116 valence electrons. The molecular formula is C12H15NO7S. The van der Waals surface area contributed by atoms with Gasteiger partial charge in [0.05, 0.1) is 17.6 Å². The van der Waals surface area contributed by atoms with Gasteiger partial charge in [0.25, 0.3) is 0 Å². The van der Waals surface area contributed by atoms with Crippen LogP contribution in [0.1, 0.15) is 15.9 Å². The Morgan fingerprint density at radius 3 is 2.52 bits per heavy atom. The molecule has 0 saturated carbocycles. The average Bonchev–Trinajstić information content (AvgIpc) is 2.43. The van der Waals surface area contributed by atoms with E-state index in [1.807, 2.05) is 4.72 Å². The fraction of sp³-hybridized carbons (Fsp3) is 0.333. The van der Waals surface area contributed by atoms with Crippen LogP contribution in [0.15, 0.2) is 23.1 Å². The number of esters is 1. The quantitative estimate of drug-likeness (QED) is 0.603. The first kappa shape index (κ1) is 17.1. The predicted octanol–water partition coefficient (Wildman–Crippen LogP) is -0.495. The highest BCUT2D eigenvalue weighted by atomic mass is 32.2. The number of aromatic carboxylic acids is 1. The Morgan fingerprint density at radius 1 is 1.38 bits per heavy atom. The topological polar surface area (TPSA) is 130 Å². The lowest BCUT2D eigenvalue weighted by atomic mass is 10.1. The van der Waals surface area contributed by atoms with Gasteiger partial charge >= 0.3 is 11.9 Å². The molecule has 0 heterocycles. The zero-order valence-electron chi connectivity index (χ0n) is 11.4. The molecular weight excluding hydrogens is 302 g/mol. The number of benzene rings is 1. The first-order valence-electron chi connectivity index (χ1n) is 5.78. The summed E-state index contributed by atoms with van der Waals surface area (Å²) in [5.74, 6) is -2.23. The van der Waals surface area contributed by atoms with Gasteiger partial charge in [-0.1, -0.05) is 6.07 Å². The first-order valence-corrected chi connectivity index (χ1v) is 7.27. The van der Waals surface area contributed by atoms with Crippen LogP contribution in [0.5, 0.6) is 0 Å². The van der Waals surface area contributed by atoms with Crippen molar-refractivity contribution < 1.29 is 33.0 Å². The molecule has 1 atom stereocenters. The van der Waals surface area contributed by atoms with E-state index in [-0.39, 0.29) is 10.5 Å². The molecule has 0 amide bonds. The van der Waals surface area contributed by atoms with Crippen LogP contribution in [0.2, 0.25) is 0 Å². The average molecular weight is 317 g/mol. The fourth-order valence-corrected chi connectivity index (χ4v) is 2.55. The van der Waals surface area contributed by atoms with Gasteiger partial charge in [-0.3, -0.25) is 0 Å². The van der Waals surface area contributed by atoms with Crippen LogP contribution >= 0.6 is 0 Å². The number of carbonyl (C=O) groups is 2. The van der Waals surface area contributed by atoms with Gasteiger partial charge in [0, 0.05) is 6.54 Å². The second-order valence-corrected chi connectivity index (χ2v) is 5.94. The number of hydrogen-bond acceptors (Lipinski definition) is 6. The summed E-state index contributed by atoms with van der Waals surface area (Å²) in [5, 5.41) is 18.3. The van der Waals surface area contributed by atoms with Crippen molar-refractivity contribution in [2.24, 2.45) is 0 Å². The maximum Gasteiger partial charge on any atom is 0.336 e. The van der Waals surface area contributed by atoms with E-state index >= 15 is 0 Å². The standard InChI is InChI=1S/C12H15NO7S/c1-7-3-4-8(5-9(7)11(15)16)21(18,19)13-6-10(14)12(17)20-2/h3-5,10,13-14H,6H2,1-2H3,(H,15,16). The summed E-state index contributed by atoms with van der Waals surface area (Å²) in [7, 11) is -3.00. The van der Waals surface area contributed by atoms with Crippen LogP contribution in [-0.4, -0.2) is 50.3 Å². The largest absolute Gasteiger partial charge is 0.478 e. The van der Waals surface area contributed by atoms with E-state index in [1.54, 1.807) is 0 Å². The molecule has 21 heavy (non-hydrogen) atoms. The van der Waals surface area contributed by atoms with Crippen LogP contribution in [-0.2, 0) is 19.6 Å². The van der Waals surface area contributed by atoms with Crippen molar-refractivity contribution in [3.8, 4) is 0 Å². The molecule has 1 aromatic rings. The van der Waals surface area contributed by atoms with Crippen LogP contribution in [0.25, 0.3) is 0 Å². The number of sulfonamides is 1. The molecule has 0 saturated heterocycles. The Labute approximate surface area is 121 Å². The minimum absolute atomic E-state index is 0.147. The number of methoxy groups -OCH3 is 1. The first-order chi connectivity index (χ1) is 9.69. The summed E-state index contributed by atoms with van der Waals surface area (Å²) in [6.45, 7) is 0.958. The second-order valence-electron chi connectivity index (χ2n) is 4.17. The molecule has 0 aliphatic carbocycles. The highest BCUT2D eigenvalue weighted by molar-refractivity contribution is 7.89. The maximum absolute atomic E-state index is 12.0. The lowest BCUT2D eigenvalue weighted by molar-refractivity contribution is -0.149. The van der Waals surface area contributed by atoms with Crippen molar-refractivity contribution in [2.45, 2.75) is 17.9 Å². The molecule has 0 bridgehead atoms. The Hall–Kier alpha value is -1.97. The smallest absolute Gasteiger partial charge is 0.336 e. The molecule has 0 radical (unpaired) electrons. The number of hydrogen-bond donors (Lipinski definition) is 3. The fourth-order valence-electron chi connectivity index (χ4n) is 1.49. The summed E-state index contributed by atoms with van der Waals surface area (Å²) in [6.07, 6.45) is -1.64. The number of rotatable bonds is 6. The zero-order chi connectivity index (χ0) is 16.2. The molecule has 0 aromatic heterocycles. The molecule has 0 aliphatic rings. The van der Waals surface area contributed by atoms with Crippen molar-refractivity contribution in [1.29, 1.82) is 0 Å². The summed E-state index contributed by atoms with van der Waals surface area (Å²) < 4.78 is 30.2. The summed E-state index contributed by atoms with van der Waals surface area (Å²) in [4.78, 5) is 21.7. The summed E-state index contributed by atoms with van der Waals surface area (Å²) in [5.41, 5.74) is 0.266. The third-order valence-corrected chi connectivity index (χ3v) is 4.11. The molecule has 1 unspecified atom stereocenters. The maximum atomic E-state index is 12.0. The van der Waals surface area contributed by atoms with E-state index in [0.717, 1.165) is 13.2 Å². The van der Waals surface area contributed by atoms with E-state index < -0.39 is 34.6 Å². The molecule has 0 fully saturated rings. The highest BCUT2D eigenvalue weighted by Gasteiger charge is 2.21. The van der Waals surface area contributed by atoms with Crippen molar-refractivity contribution in [3.63, 3.8) is 0 Å². The number of carboxylic acid groups (broad SMARTS) is 1. The molecule has 3 N–H and O–H groups in total. The Morgan fingerprint density at radius 2 is 2.00 bits per heavy atom. The van der Waals surface area contributed by atoms with Gasteiger partial charge in [-0.2, -0.15) is 0 Å². The number of aliphatic hydroxyl groups excluding tert-OH is 1. The second kappa shape index (κ2) is 6.66. The minimum Gasteiger partial charge on any atom is -0.478 e. The number of carboxylic acids is 1. The van der Waals surface area contributed by atoms with Crippen LogP contribution in [0, 0.1) is 6.92 Å². The number of aliphatic hydroxyl groups is 1. The van der Waals surface area contributed by atoms with Gasteiger partial charge in [-0.05, 0) is 24.6 Å². The number of nitrogens with one attached hydrogen (secondary N) is 1. The minimum atomic E-state index is -4.05. The van der Waals surface area contributed by atoms with Gasteiger partial charge in [0.1, 0.15) is 0 Å². The van der Waals surface area contributed by atoms with Crippen molar-refractivity contribution in [2.75, 3.05) is 13.7 Å². The molecule has 9 heteroatoms. The number of aryl methyl sites for hydroxylation is 1. The number of ether oxygens (including phenoxy) is 1. The lowest BCUT2D eigenvalue weighted by Crippen LogP contribution is -2.37. The van der Waals surface area contributed by atoms with E-state index in [0.29, 0.717) is 5.56 Å². The van der Waals surface area contributed by atoms with E-state index in [9.17, 15) is 23.1 Å². The van der Waals surface area contributed by atoms with E-state index in [2.05, 4.69) is 4.74 Å². The third-order valence-electron chi connectivity index (χ3n) is 2.69. The monoisotopic (exact) mass is 317 g/mol. The molecule has 0 aliphatic heterocycles. The van der Waals surface area contributed by atoms with Gasteiger partial charge in [0.15, 0.2) is 6.10 Å². The predicted molar refractivity (Wildman–Crippen MR) is 71.3 cm³/mol. The van der Waals surface area contributed by atoms with Crippen LogP contribution < -0.4 is 4.72 Å². The molecule has 0 spiro atoms. The van der Waals surface area contributed by atoms with Crippen LogP contribution in [0.4, 0.5) is 0 Å². The lowest BCUT2D eigenvalue weighted by Gasteiger charge is -2.11. The Balaban J connectivity index is 2.96. The highest BCUT2D eigenvalue weighted by Crippen LogP contribution is 2.15. The van der Waals surface area contributed by atoms with Crippen molar-refractivity contribution in [3.05, 3.63) is 29.3 Å². The van der Waals surface area contributed by atoms with Gasteiger partial charge in [0.2, 0.25) is 10.0 Å². The molecule has 1 aromatic carbocycles. The van der Waals surface area contributed by atoms with E-state index in [4.69, 9.17) is 5.11 Å². The summed E-state index contributed by atoms with van der Waals surface area (Å²) >= 11 is 0. The van der Waals surface area contributed by atoms with Crippen molar-refractivity contribution >= 4 is 22.0 Å².